The highest BCUT2D eigenvalue weighted by molar-refractivity contribution is 7.09. The standard InChI is InChI=1S/C18H20FN3O2S/c19-15-6-2-1-4-13(15)12-22-8-7-20-16(18(22)24)10-17(23)21-11-14-5-3-9-25-14/h1-6,9,16,20H,7-8,10-12H2,(H,21,23). The molecule has 1 aromatic carbocycles. The van der Waals surface area contributed by atoms with Gasteiger partial charge in [-0.3, -0.25) is 9.59 Å². The maximum Gasteiger partial charge on any atom is 0.240 e. The molecule has 1 unspecified atom stereocenters. The van der Waals surface area contributed by atoms with Gasteiger partial charge in [-0.05, 0) is 17.5 Å². The van der Waals surface area contributed by atoms with E-state index in [4.69, 9.17) is 0 Å². The number of amides is 2. The van der Waals surface area contributed by atoms with Gasteiger partial charge in [-0.25, -0.2) is 4.39 Å². The van der Waals surface area contributed by atoms with Gasteiger partial charge in [0.15, 0.2) is 0 Å². The number of hydrogen-bond donors (Lipinski definition) is 2. The van der Waals surface area contributed by atoms with Crippen molar-refractivity contribution in [1.29, 1.82) is 0 Å². The summed E-state index contributed by atoms with van der Waals surface area (Å²) in [7, 11) is 0. The number of carbonyl (C=O) groups excluding carboxylic acids is 2. The number of nitrogens with zero attached hydrogens (tertiary/aromatic N) is 1. The van der Waals surface area contributed by atoms with Gasteiger partial charge in [0.2, 0.25) is 11.8 Å². The lowest BCUT2D eigenvalue weighted by atomic mass is 10.1. The van der Waals surface area contributed by atoms with Crippen LogP contribution in [0.3, 0.4) is 0 Å². The Kier molecular flexibility index (Phi) is 5.78. The highest BCUT2D eigenvalue weighted by Crippen LogP contribution is 2.14. The van der Waals surface area contributed by atoms with Crippen molar-refractivity contribution in [3.05, 3.63) is 58.0 Å². The lowest BCUT2D eigenvalue weighted by Gasteiger charge is -2.33. The maximum atomic E-state index is 13.8. The summed E-state index contributed by atoms with van der Waals surface area (Å²) in [6.07, 6.45) is 0.0813. The largest absolute Gasteiger partial charge is 0.351 e. The van der Waals surface area contributed by atoms with Crippen molar-refractivity contribution < 1.29 is 14.0 Å². The molecule has 1 saturated heterocycles. The Morgan fingerprint density at radius 1 is 1.32 bits per heavy atom. The molecule has 2 N–H and O–H groups in total. The summed E-state index contributed by atoms with van der Waals surface area (Å²) >= 11 is 1.57. The molecule has 1 fully saturated rings. The van der Waals surface area contributed by atoms with E-state index in [0.29, 0.717) is 25.2 Å². The maximum absolute atomic E-state index is 13.8. The summed E-state index contributed by atoms with van der Waals surface area (Å²) in [5, 5.41) is 7.86. The molecule has 5 nitrogen and oxygen atoms in total. The average molecular weight is 361 g/mol. The van der Waals surface area contributed by atoms with E-state index in [2.05, 4.69) is 10.6 Å². The molecule has 2 amide bonds. The van der Waals surface area contributed by atoms with Crippen molar-refractivity contribution in [2.75, 3.05) is 13.1 Å². The number of hydrogen-bond acceptors (Lipinski definition) is 4. The van der Waals surface area contributed by atoms with Gasteiger partial charge in [-0.1, -0.05) is 24.3 Å². The molecule has 3 rings (SSSR count). The van der Waals surface area contributed by atoms with Gasteiger partial charge in [0.05, 0.1) is 19.0 Å². The lowest BCUT2D eigenvalue weighted by Crippen LogP contribution is -2.55. The molecule has 1 atom stereocenters. The summed E-state index contributed by atoms with van der Waals surface area (Å²) in [5.41, 5.74) is 0.485. The summed E-state index contributed by atoms with van der Waals surface area (Å²) in [4.78, 5) is 27.3. The first-order chi connectivity index (χ1) is 12.1. The second-order valence-electron chi connectivity index (χ2n) is 5.92. The Bertz CT molecular complexity index is 736. The van der Waals surface area contributed by atoms with E-state index in [1.807, 2.05) is 17.5 Å². The topological polar surface area (TPSA) is 61.4 Å². The minimum Gasteiger partial charge on any atom is -0.351 e. The van der Waals surface area contributed by atoms with Gasteiger partial charge < -0.3 is 15.5 Å². The van der Waals surface area contributed by atoms with Crippen LogP contribution in [0, 0.1) is 5.82 Å². The SMILES string of the molecule is O=C(CC1NCCN(Cc2ccccc2F)C1=O)NCc1cccs1. The first kappa shape index (κ1) is 17.6. The van der Waals surface area contributed by atoms with Gasteiger partial charge >= 0.3 is 0 Å². The molecule has 25 heavy (non-hydrogen) atoms. The predicted molar refractivity (Wildman–Crippen MR) is 94.4 cm³/mol. The van der Waals surface area contributed by atoms with Crippen LogP contribution in [0.4, 0.5) is 4.39 Å². The van der Waals surface area contributed by atoms with E-state index in [1.165, 1.54) is 6.07 Å². The zero-order valence-electron chi connectivity index (χ0n) is 13.7. The Morgan fingerprint density at radius 3 is 2.92 bits per heavy atom. The highest BCUT2D eigenvalue weighted by atomic mass is 32.1. The summed E-state index contributed by atoms with van der Waals surface area (Å²) < 4.78 is 13.8. The zero-order valence-corrected chi connectivity index (χ0v) is 14.5. The molecule has 7 heteroatoms. The third kappa shape index (κ3) is 4.64. The van der Waals surface area contributed by atoms with Crippen LogP contribution in [0.2, 0.25) is 0 Å². The van der Waals surface area contributed by atoms with Crippen molar-refractivity contribution in [1.82, 2.24) is 15.5 Å². The van der Waals surface area contributed by atoms with E-state index in [0.717, 1.165) is 4.88 Å². The Hall–Kier alpha value is -2.25. The Labute approximate surface area is 149 Å². The third-order valence-electron chi connectivity index (χ3n) is 4.13. The fourth-order valence-electron chi connectivity index (χ4n) is 2.80. The molecule has 0 bridgehead atoms. The van der Waals surface area contributed by atoms with Crippen molar-refractivity contribution in [3.63, 3.8) is 0 Å². The van der Waals surface area contributed by atoms with Crippen LogP contribution in [-0.4, -0.2) is 35.8 Å². The van der Waals surface area contributed by atoms with Crippen molar-refractivity contribution >= 4 is 23.2 Å². The number of piperazine rings is 1. The fraction of sp³-hybridized carbons (Fsp3) is 0.333. The zero-order chi connectivity index (χ0) is 17.6. The van der Waals surface area contributed by atoms with E-state index < -0.39 is 6.04 Å². The molecule has 1 aliphatic heterocycles. The van der Waals surface area contributed by atoms with Gasteiger partial charge in [0.1, 0.15) is 5.82 Å². The van der Waals surface area contributed by atoms with Crippen LogP contribution in [0.5, 0.6) is 0 Å². The van der Waals surface area contributed by atoms with Crippen molar-refractivity contribution in [2.45, 2.75) is 25.6 Å². The molecule has 2 aromatic rings. The molecule has 0 radical (unpaired) electrons. The van der Waals surface area contributed by atoms with Crippen LogP contribution in [0.1, 0.15) is 16.9 Å². The second-order valence-corrected chi connectivity index (χ2v) is 6.95. The number of nitrogens with one attached hydrogen (secondary N) is 2. The van der Waals surface area contributed by atoms with Crippen LogP contribution in [0.15, 0.2) is 41.8 Å². The first-order valence-corrected chi connectivity index (χ1v) is 9.06. The van der Waals surface area contributed by atoms with E-state index >= 15 is 0 Å². The molecule has 132 valence electrons. The molecule has 0 saturated carbocycles. The Morgan fingerprint density at radius 2 is 2.16 bits per heavy atom. The molecule has 0 spiro atoms. The summed E-state index contributed by atoms with van der Waals surface area (Å²) in [6, 6.07) is 9.75. The molecule has 1 aliphatic rings. The van der Waals surface area contributed by atoms with Crippen LogP contribution in [-0.2, 0) is 22.7 Å². The number of carbonyl (C=O) groups is 2. The van der Waals surface area contributed by atoms with Gasteiger partial charge in [-0.2, -0.15) is 0 Å². The summed E-state index contributed by atoms with van der Waals surface area (Å²) in [5.74, 6) is -0.660. The van der Waals surface area contributed by atoms with E-state index in [-0.39, 0.29) is 30.6 Å². The summed E-state index contributed by atoms with van der Waals surface area (Å²) in [6.45, 7) is 1.78. The van der Waals surface area contributed by atoms with Gasteiger partial charge in [-0.15, -0.1) is 11.3 Å². The smallest absolute Gasteiger partial charge is 0.240 e. The number of thiophene rings is 1. The third-order valence-corrected chi connectivity index (χ3v) is 5.01. The van der Waals surface area contributed by atoms with Crippen molar-refractivity contribution in [3.8, 4) is 0 Å². The molecular formula is C18H20FN3O2S. The minimum absolute atomic E-state index is 0.0813. The minimum atomic E-state index is -0.566. The monoisotopic (exact) mass is 361 g/mol. The quantitative estimate of drug-likeness (QED) is 0.826. The van der Waals surface area contributed by atoms with E-state index in [9.17, 15) is 14.0 Å². The first-order valence-electron chi connectivity index (χ1n) is 8.18. The number of benzene rings is 1. The molecule has 1 aromatic heterocycles. The molecule has 2 heterocycles. The average Bonchev–Trinajstić information content (AvgIpc) is 3.12. The van der Waals surface area contributed by atoms with Gasteiger partial charge in [0, 0.05) is 30.1 Å². The fourth-order valence-corrected chi connectivity index (χ4v) is 3.44. The van der Waals surface area contributed by atoms with Crippen LogP contribution >= 0.6 is 11.3 Å². The van der Waals surface area contributed by atoms with Gasteiger partial charge in [0.25, 0.3) is 0 Å². The van der Waals surface area contributed by atoms with Crippen LogP contribution in [0.25, 0.3) is 0 Å². The van der Waals surface area contributed by atoms with Crippen molar-refractivity contribution in [2.24, 2.45) is 0 Å². The normalized spacial score (nSPS) is 17.6. The van der Waals surface area contributed by atoms with E-state index in [1.54, 1.807) is 34.4 Å². The number of halogens is 1. The second kappa shape index (κ2) is 8.22. The van der Waals surface area contributed by atoms with Crippen LogP contribution < -0.4 is 10.6 Å². The lowest BCUT2D eigenvalue weighted by molar-refractivity contribution is -0.138. The highest BCUT2D eigenvalue weighted by Gasteiger charge is 2.30. The Balaban J connectivity index is 1.54. The predicted octanol–water partition coefficient (Wildman–Crippen LogP) is 1.89. The number of rotatable bonds is 6. The molecular weight excluding hydrogens is 341 g/mol. The molecule has 0 aliphatic carbocycles.